The normalized spacial score (nSPS) is 13.9. The molecule has 37 heavy (non-hydrogen) atoms. The molecule has 0 spiro atoms. The van der Waals surface area contributed by atoms with Crippen molar-refractivity contribution in [1.29, 1.82) is 0 Å². The lowest BCUT2D eigenvalue weighted by Gasteiger charge is -2.25. The summed E-state index contributed by atoms with van der Waals surface area (Å²) in [6.07, 6.45) is -0.250. The molecule has 198 valence electrons. The predicted octanol–water partition coefficient (Wildman–Crippen LogP) is -0.376. The molecule has 2 aromatic rings. The zero-order valence-corrected chi connectivity index (χ0v) is 20.6. The van der Waals surface area contributed by atoms with Gasteiger partial charge in [-0.2, -0.15) is 0 Å². The Kier molecular flexibility index (Phi) is 11.2. The molecular formula is C26H33N5O6. The second-order valence-electron chi connectivity index (χ2n) is 8.69. The number of rotatable bonds is 14. The smallest absolute Gasteiger partial charge is 0.326 e. The number of hydrogen-bond acceptors (Lipinski definition) is 6. The second-order valence-corrected chi connectivity index (χ2v) is 8.69. The highest BCUT2D eigenvalue weighted by atomic mass is 16.4. The zero-order valence-electron chi connectivity index (χ0n) is 20.6. The molecule has 4 unspecified atom stereocenters. The number of amides is 4. The van der Waals surface area contributed by atoms with Gasteiger partial charge in [-0.15, -0.1) is 0 Å². The number of hydrogen-bond donors (Lipinski definition) is 6. The van der Waals surface area contributed by atoms with Gasteiger partial charge >= 0.3 is 5.97 Å². The third kappa shape index (κ3) is 10.1. The Labute approximate surface area is 215 Å². The maximum Gasteiger partial charge on any atom is 0.326 e. The van der Waals surface area contributed by atoms with E-state index >= 15 is 0 Å². The third-order valence-electron chi connectivity index (χ3n) is 5.54. The van der Waals surface area contributed by atoms with Crippen molar-refractivity contribution < 1.29 is 29.1 Å². The molecule has 0 heterocycles. The summed E-state index contributed by atoms with van der Waals surface area (Å²) in [6, 6.07) is 13.4. The standard InChI is InChI=1S/C26H33N5O6/c1-16(27)23(33)30-20(14-17-8-4-2-5-9-17)25(35)31-21(15-18-10-6-3-7-11-18)24(34)29-19(26(36)37)12-13-22(28)32/h2-11,16,19-21H,12-15,27H2,1H3,(H2,28,32)(H,29,34)(H,30,33)(H,31,35)(H,36,37). The van der Waals surface area contributed by atoms with Gasteiger partial charge in [0.15, 0.2) is 0 Å². The largest absolute Gasteiger partial charge is 0.480 e. The van der Waals surface area contributed by atoms with Crippen molar-refractivity contribution in [3.8, 4) is 0 Å². The molecule has 2 aromatic carbocycles. The molecule has 0 radical (unpaired) electrons. The number of carbonyl (C=O) groups excluding carboxylic acids is 4. The van der Waals surface area contributed by atoms with Crippen molar-refractivity contribution in [3.05, 3.63) is 71.8 Å². The van der Waals surface area contributed by atoms with Crippen LogP contribution in [0.3, 0.4) is 0 Å². The monoisotopic (exact) mass is 511 g/mol. The number of carbonyl (C=O) groups is 5. The lowest BCUT2D eigenvalue weighted by Crippen LogP contribution is -2.58. The van der Waals surface area contributed by atoms with Crippen LogP contribution < -0.4 is 27.4 Å². The molecule has 0 aromatic heterocycles. The highest BCUT2D eigenvalue weighted by Crippen LogP contribution is 2.08. The van der Waals surface area contributed by atoms with Gasteiger partial charge in [0.25, 0.3) is 0 Å². The first-order valence-corrected chi connectivity index (χ1v) is 11.8. The van der Waals surface area contributed by atoms with Gasteiger partial charge in [0.05, 0.1) is 6.04 Å². The van der Waals surface area contributed by atoms with E-state index in [4.69, 9.17) is 11.5 Å². The van der Waals surface area contributed by atoms with Crippen LogP contribution in [-0.4, -0.2) is 58.9 Å². The van der Waals surface area contributed by atoms with Gasteiger partial charge in [-0.25, -0.2) is 4.79 Å². The maximum absolute atomic E-state index is 13.3. The van der Waals surface area contributed by atoms with Crippen LogP contribution in [0.5, 0.6) is 0 Å². The predicted molar refractivity (Wildman–Crippen MR) is 136 cm³/mol. The Morgan fingerprint density at radius 3 is 1.51 bits per heavy atom. The zero-order chi connectivity index (χ0) is 27.4. The van der Waals surface area contributed by atoms with Crippen LogP contribution >= 0.6 is 0 Å². The number of nitrogens with two attached hydrogens (primary N) is 2. The van der Waals surface area contributed by atoms with Crippen LogP contribution in [0.15, 0.2) is 60.7 Å². The number of benzene rings is 2. The minimum absolute atomic E-state index is 0.0554. The molecule has 4 amide bonds. The van der Waals surface area contributed by atoms with E-state index < -0.39 is 53.8 Å². The Bertz CT molecular complexity index is 1080. The van der Waals surface area contributed by atoms with E-state index in [-0.39, 0.29) is 25.7 Å². The first kappa shape index (κ1) is 29.0. The van der Waals surface area contributed by atoms with Crippen LogP contribution in [0.25, 0.3) is 0 Å². The number of carboxylic acids is 1. The molecule has 4 atom stereocenters. The van der Waals surface area contributed by atoms with Gasteiger partial charge < -0.3 is 32.5 Å². The number of aliphatic carboxylic acids is 1. The van der Waals surface area contributed by atoms with E-state index in [9.17, 15) is 29.1 Å². The average molecular weight is 512 g/mol. The molecule has 0 aliphatic carbocycles. The van der Waals surface area contributed by atoms with Crippen LogP contribution in [0, 0.1) is 0 Å². The van der Waals surface area contributed by atoms with Gasteiger partial charge in [-0.1, -0.05) is 60.7 Å². The van der Waals surface area contributed by atoms with Crippen molar-refractivity contribution in [2.75, 3.05) is 0 Å². The molecule has 0 aliphatic rings. The molecule has 2 rings (SSSR count). The molecule has 11 heteroatoms. The Morgan fingerprint density at radius 1 is 0.730 bits per heavy atom. The van der Waals surface area contributed by atoms with Crippen LogP contribution in [0.1, 0.15) is 30.9 Å². The number of nitrogens with one attached hydrogen (secondary N) is 3. The molecule has 8 N–H and O–H groups in total. The summed E-state index contributed by atoms with van der Waals surface area (Å²) in [4.78, 5) is 61.5. The van der Waals surface area contributed by atoms with Gasteiger partial charge in [0.2, 0.25) is 23.6 Å². The minimum Gasteiger partial charge on any atom is -0.480 e. The Hall–Kier alpha value is -4.25. The van der Waals surface area contributed by atoms with Gasteiger partial charge in [0, 0.05) is 19.3 Å². The van der Waals surface area contributed by atoms with Crippen molar-refractivity contribution >= 4 is 29.6 Å². The Balaban J connectivity index is 2.27. The fourth-order valence-corrected chi connectivity index (χ4v) is 3.51. The van der Waals surface area contributed by atoms with Crippen molar-refractivity contribution in [2.24, 2.45) is 11.5 Å². The van der Waals surface area contributed by atoms with Crippen LogP contribution in [0.2, 0.25) is 0 Å². The van der Waals surface area contributed by atoms with Crippen molar-refractivity contribution in [1.82, 2.24) is 16.0 Å². The molecule has 0 saturated carbocycles. The fourth-order valence-electron chi connectivity index (χ4n) is 3.51. The number of primary amides is 1. The van der Waals surface area contributed by atoms with Crippen LogP contribution in [-0.2, 0) is 36.8 Å². The second kappa shape index (κ2) is 14.3. The summed E-state index contributed by atoms with van der Waals surface area (Å²) in [6.45, 7) is 1.48. The van der Waals surface area contributed by atoms with E-state index in [1.54, 1.807) is 54.6 Å². The Morgan fingerprint density at radius 2 is 1.14 bits per heavy atom. The first-order chi connectivity index (χ1) is 17.6. The van der Waals surface area contributed by atoms with Crippen LogP contribution in [0.4, 0.5) is 0 Å². The van der Waals surface area contributed by atoms with Crippen molar-refractivity contribution in [3.63, 3.8) is 0 Å². The summed E-state index contributed by atoms with van der Waals surface area (Å²) in [5.41, 5.74) is 12.3. The fraction of sp³-hybridized carbons (Fsp3) is 0.346. The average Bonchev–Trinajstić information content (AvgIpc) is 2.86. The molecule has 0 bridgehead atoms. The maximum atomic E-state index is 13.3. The number of carboxylic acid groups (broad SMARTS) is 1. The molecule has 0 saturated heterocycles. The van der Waals surface area contributed by atoms with Gasteiger partial charge in [-0.05, 0) is 24.5 Å². The summed E-state index contributed by atoms with van der Waals surface area (Å²) in [5, 5.41) is 17.1. The van der Waals surface area contributed by atoms with E-state index in [0.717, 1.165) is 5.56 Å². The molecule has 0 fully saturated rings. The molecule has 0 aliphatic heterocycles. The lowest BCUT2D eigenvalue weighted by atomic mass is 10.0. The van der Waals surface area contributed by atoms with Gasteiger partial charge in [0.1, 0.15) is 18.1 Å². The van der Waals surface area contributed by atoms with Crippen molar-refractivity contribution in [2.45, 2.75) is 56.8 Å². The van der Waals surface area contributed by atoms with E-state index in [1.165, 1.54) is 6.92 Å². The summed E-state index contributed by atoms with van der Waals surface area (Å²) >= 11 is 0. The first-order valence-electron chi connectivity index (χ1n) is 11.8. The third-order valence-corrected chi connectivity index (χ3v) is 5.54. The lowest BCUT2D eigenvalue weighted by molar-refractivity contribution is -0.142. The highest BCUT2D eigenvalue weighted by Gasteiger charge is 2.30. The van der Waals surface area contributed by atoms with E-state index in [2.05, 4.69) is 16.0 Å². The highest BCUT2D eigenvalue weighted by molar-refractivity contribution is 5.94. The topological polar surface area (TPSA) is 194 Å². The molecular weight excluding hydrogens is 478 g/mol. The minimum atomic E-state index is -1.38. The molecule has 11 nitrogen and oxygen atoms in total. The SMILES string of the molecule is CC(N)C(=O)NC(Cc1ccccc1)C(=O)NC(Cc1ccccc1)C(=O)NC(CCC(N)=O)C(=O)O. The van der Waals surface area contributed by atoms with E-state index in [0.29, 0.717) is 5.56 Å². The summed E-state index contributed by atoms with van der Waals surface area (Å²) < 4.78 is 0. The summed E-state index contributed by atoms with van der Waals surface area (Å²) in [5.74, 6) is -3.99. The quantitative estimate of drug-likeness (QED) is 0.199. The van der Waals surface area contributed by atoms with E-state index in [1.807, 2.05) is 6.07 Å². The van der Waals surface area contributed by atoms with Gasteiger partial charge in [-0.3, -0.25) is 19.2 Å². The summed E-state index contributed by atoms with van der Waals surface area (Å²) in [7, 11) is 0.